The molecule has 27 nitrogen and oxygen atoms in total. The fraction of sp³-hybridized carbons (Fsp3) is 0.551. The average molecular weight is 1330 g/mol. The number of phenols is 1. The molecule has 4 aromatic rings. The summed E-state index contributed by atoms with van der Waals surface area (Å²) in [4.78, 5) is 72.6. The normalized spacial score (nSPS) is 24.5. The molecule has 12 rings (SSSR count). The summed E-state index contributed by atoms with van der Waals surface area (Å²) in [5, 5.41) is 41.9. The molecule has 2 unspecified atom stereocenters. The highest BCUT2D eigenvalue weighted by Crippen LogP contribution is 2.61. The highest BCUT2D eigenvalue weighted by atomic mass is 16.7. The van der Waals surface area contributed by atoms with Gasteiger partial charge in [0.15, 0.2) is 52.8 Å². The summed E-state index contributed by atoms with van der Waals surface area (Å²) < 4.78 is 64.2. The Hall–Kier alpha value is -8.83. The minimum atomic E-state index is -0.940. The van der Waals surface area contributed by atoms with Crippen molar-refractivity contribution in [3.8, 4) is 69.6 Å². The van der Waals surface area contributed by atoms with E-state index in [4.69, 9.17) is 57.8 Å². The van der Waals surface area contributed by atoms with Crippen LogP contribution in [0.15, 0.2) is 12.1 Å². The topological polar surface area (TPSA) is 330 Å². The van der Waals surface area contributed by atoms with Crippen molar-refractivity contribution in [3.63, 3.8) is 0 Å². The summed E-state index contributed by atoms with van der Waals surface area (Å²) in [5.74, 6) is 2.53. The molecule has 3 amide bonds. The number of alkyl carbamates (subject to hydrolysis) is 1. The first-order chi connectivity index (χ1) is 45.6. The fourth-order valence-corrected chi connectivity index (χ4v) is 16.1. The molecule has 0 aliphatic carbocycles. The van der Waals surface area contributed by atoms with E-state index in [-0.39, 0.29) is 75.3 Å². The summed E-state index contributed by atoms with van der Waals surface area (Å²) in [6, 6.07) is 3.36. The van der Waals surface area contributed by atoms with Gasteiger partial charge in [-0.1, -0.05) is 12.1 Å². The molecule has 0 aromatic heterocycles. The summed E-state index contributed by atoms with van der Waals surface area (Å²) in [6.07, 6.45) is 1.10. The monoisotopic (exact) mass is 1330 g/mol. The van der Waals surface area contributed by atoms with Gasteiger partial charge >= 0.3 is 18.0 Å². The fourth-order valence-electron chi connectivity index (χ4n) is 16.1. The molecule has 12 atom stereocenters. The van der Waals surface area contributed by atoms with Gasteiger partial charge in [0.05, 0.1) is 56.6 Å². The summed E-state index contributed by atoms with van der Waals surface area (Å²) in [7, 11) is 8.69. The molecule has 2 saturated heterocycles. The Morgan fingerprint density at radius 2 is 1.09 bits per heavy atom. The highest BCUT2D eigenvalue weighted by Gasteiger charge is 2.59. The number of esters is 2. The van der Waals surface area contributed by atoms with Crippen molar-refractivity contribution in [1.29, 1.82) is 10.5 Å². The van der Waals surface area contributed by atoms with E-state index in [2.05, 4.69) is 53.8 Å². The second-order valence-corrected chi connectivity index (χ2v) is 26.9. The van der Waals surface area contributed by atoms with Crippen LogP contribution in [-0.2, 0) is 54.3 Å². The summed E-state index contributed by atoms with van der Waals surface area (Å²) >= 11 is 0. The number of nitrogens with two attached hydrogens (primary N) is 1. The first-order valence-corrected chi connectivity index (χ1v) is 32.2. The molecule has 8 aliphatic heterocycles. The van der Waals surface area contributed by atoms with E-state index in [1.165, 1.54) is 21.0 Å². The Kier molecular flexibility index (Phi) is 19.0. The molecule has 4 bridgehead atoms. The number of aromatic hydroxyl groups is 1. The predicted molar refractivity (Wildman–Crippen MR) is 344 cm³/mol. The van der Waals surface area contributed by atoms with E-state index < -0.39 is 71.8 Å². The smallest absolute Gasteiger partial charge is 0.408 e. The van der Waals surface area contributed by atoms with Gasteiger partial charge in [0, 0.05) is 103 Å². The number of piperazine rings is 2. The zero-order valence-corrected chi connectivity index (χ0v) is 57.2. The third-order valence-corrected chi connectivity index (χ3v) is 19.8. The second-order valence-electron chi connectivity index (χ2n) is 26.9. The second kappa shape index (κ2) is 26.6. The van der Waals surface area contributed by atoms with Crippen molar-refractivity contribution in [2.45, 2.75) is 180 Å². The van der Waals surface area contributed by atoms with Crippen molar-refractivity contribution in [2.75, 3.05) is 68.9 Å². The molecule has 514 valence electrons. The van der Waals surface area contributed by atoms with Gasteiger partial charge in [-0.25, -0.2) is 4.79 Å². The zero-order valence-electron chi connectivity index (χ0n) is 57.2. The Morgan fingerprint density at radius 3 is 1.53 bits per heavy atom. The van der Waals surface area contributed by atoms with Crippen LogP contribution in [0.1, 0.15) is 139 Å². The maximum Gasteiger partial charge on any atom is 0.408 e. The minimum Gasteiger partial charge on any atom is -0.504 e. The summed E-state index contributed by atoms with van der Waals surface area (Å²) in [5.41, 5.74) is 14.6. The number of benzene rings is 4. The lowest BCUT2D eigenvalue weighted by atomic mass is 9.71. The lowest BCUT2D eigenvalue weighted by Gasteiger charge is -2.60. The van der Waals surface area contributed by atoms with Crippen LogP contribution in [0.4, 0.5) is 4.79 Å². The van der Waals surface area contributed by atoms with Crippen molar-refractivity contribution in [3.05, 3.63) is 78.9 Å². The van der Waals surface area contributed by atoms with E-state index in [1.807, 2.05) is 47.9 Å². The van der Waals surface area contributed by atoms with Gasteiger partial charge in [-0.15, -0.1) is 0 Å². The van der Waals surface area contributed by atoms with Gasteiger partial charge in [-0.05, 0) is 124 Å². The Bertz CT molecular complexity index is 3910. The molecule has 0 spiro atoms. The number of carbonyl (C=O) groups excluding carboxylic acids is 5. The van der Waals surface area contributed by atoms with E-state index >= 15 is 0 Å². The van der Waals surface area contributed by atoms with Crippen LogP contribution in [0.5, 0.6) is 57.5 Å². The number of nitrogens with one attached hydrogen (secondary N) is 3. The van der Waals surface area contributed by atoms with E-state index in [9.17, 15) is 39.6 Å². The minimum absolute atomic E-state index is 0.00636. The van der Waals surface area contributed by atoms with Crippen LogP contribution in [-0.4, -0.2) is 177 Å². The predicted octanol–water partition coefficient (Wildman–Crippen LogP) is 5.66. The number of phenolic OH excluding ortho intramolecular Hbond substituents is 1. The maximum atomic E-state index is 13.6. The van der Waals surface area contributed by atoms with E-state index in [1.54, 1.807) is 48.8 Å². The summed E-state index contributed by atoms with van der Waals surface area (Å²) in [6.45, 7) is 18.7. The number of methoxy groups -OCH3 is 3. The molecular formula is C69H86N10O17. The lowest BCUT2D eigenvalue weighted by Crippen LogP contribution is -2.69. The van der Waals surface area contributed by atoms with Crippen LogP contribution >= 0.6 is 0 Å². The largest absolute Gasteiger partial charge is 0.504 e. The number of amides is 3. The molecule has 4 aromatic carbocycles. The number of nitriles is 2. The van der Waals surface area contributed by atoms with Crippen LogP contribution in [0.25, 0.3) is 0 Å². The van der Waals surface area contributed by atoms with Crippen molar-refractivity contribution in [1.82, 2.24) is 35.6 Å². The number of hydrogen-bond acceptors (Lipinski definition) is 24. The number of aryl methyl sites for hydroxylation is 2. The van der Waals surface area contributed by atoms with Gasteiger partial charge in [0.1, 0.15) is 35.2 Å². The molecule has 0 radical (unpaired) electrons. The maximum absolute atomic E-state index is 13.6. The molecule has 0 saturated carbocycles. The Labute approximate surface area is 558 Å². The Balaban J connectivity index is 0.000000199. The van der Waals surface area contributed by atoms with Crippen molar-refractivity contribution >= 4 is 29.8 Å². The molecule has 2 fully saturated rings. The van der Waals surface area contributed by atoms with E-state index in [0.717, 1.165) is 44.5 Å². The molecule has 6 N–H and O–H groups in total. The van der Waals surface area contributed by atoms with Gasteiger partial charge in [0.2, 0.25) is 25.4 Å². The van der Waals surface area contributed by atoms with Gasteiger partial charge in [-0.3, -0.25) is 38.8 Å². The zero-order chi connectivity index (χ0) is 69.4. The molecule has 8 heterocycles. The SMILES string of the molecule is COCOc1c(OC)c(C)cc2c1[C@@H]1C3Cc4c(OC(C)=O)c(C)c5c(c4[C@H](CNC(=O)[C@H](C)NC(=O)OC(C)(C)C)N3[C@@H](C#N)[C@H](C2)N1C)OCO5.COc1c(C)cc2c(c1O)[C@@H]1C3Cc4c(OC(C)=O)c(C)c5c(c4[C@H](CNC(=O)[C@H](C)N)N3[C@@H](C#N)[C@H](C2)N1C)OCO5. The van der Waals surface area contributed by atoms with Gasteiger partial charge < -0.3 is 78.9 Å². The molecular weight excluding hydrogens is 1240 g/mol. The number of carbonyl (C=O) groups is 5. The number of likely N-dealkylation sites (N-methyl/N-ethyl adjacent to an activating group) is 2. The van der Waals surface area contributed by atoms with E-state index in [0.29, 0.717) is 99.7 Å². The van der Waals surface area contributed by atoms with Crippen LogP contribution in [0.3, 0.4) is 0 Å². The van der Waals surface area contributed by atoms with Gasteiger partial charge in [-0.2, -0.15) is 10.5 Å². The molecule has 27 heteroatoms. The number of hydrogen-bond donors (Lipinski definition) is 5. The third-order valence-electron chi connectivity index (χ3n) is 19.8. The number of nitrogens with zero attached hydrogens (tertiary/aromatic N) is 6. The van der Waals surface area contributed by atoms with Crippen LogP contribution in [0, 0.1) is 50.4 Å². The third kappa shape index (κ3) is 11.8. The van der Waals surface area contributed by atoms with Crippen molar-refractivity contribution < 1.29 is 81.2 Å². The number of ether oxygens (including phenoxy) is 11. The first-order valence-electron chi connectivity index (χ1n) is 32.2. The quantitative estimate of drug-likeness (QED) is 0.0578. The standard InChI is InChI=1S/C38H49N5O10.C31H37N5O7/c1-18-11-22-12-24-26(14-39)43-25(30(42(24)8)28(22)34(31(18)48-10)49-16-47-9)13-23-29(35-33(50-17-51-35)19(2)32(23)52-21(4)44)27(43)15-40-36(45)20(3)41-37(46)53-38(5,6)7;1-13-7-17-8-19-21(10-32)36-20(25(35(19)5)23(17)26(38)27(13)40-6)9-18-24(22(36)11-34-31(39)15(3)33)30-29(41-12-42-30)14(2)28(18)43-16(4)37/h11,20,24-27,30H,12-13,15-17H2,1-10H3,(H,40,45)(H,41,46);7,15,19-22,25,38H,8-9,11-12,33H2,1-6H3,(H,34,39)/t20-,24-,25?,26-,27-,30-;15-,19-,20?,21-,22-,25-/m00/s1. The first kappa shape index (κ1) is 68.6. The Morgan fingerprint density at radius 1 is 0.646 bits per heavy atom. The van der Waals surface area contributed by atoms with Crippen LogP contribution in [0.2, 0.25) is 0 Å². The average Bonchev–Trinajstić information content (AvgIpc) is 0.902. The molecule has 8 aliphatic rings. The van der Waals surface area contributed by atoms with Crippen LogP contribution < -0.4 is 64.3 Å². The number of fused-ring (bicyclic) bond motifs is 18. The lowest BCUT2D eigenvalue weighted by molar-refractivity contribution is -0.133. The molecule has 96 heavy (non-hydrogen) atoms. The number of rotatable bonds is 14. The van der Waals surface area contributed by atoms with Gasteiger partial charge in [0.25, 0.3) is 0 Å². The highest BCUT2D eigenvalue weighted by molar-refractivity contribution is 5.85. The van der Waals surface area contributed by atoms with Crippen molar-refractivity contribution in [2.24, 2.45) is 5.73 Å².